The fourth-order valence-corrected chi connectivity index (χ4v) is 2.42. The molecule has 0 atom stereocenters. The van der Waals surface area contributed by atoms with Crippen molar-refractivity contribution >= 4 is 16.5 Å². The summed E-state index contributed by atoms with van der Waals surface area (Å²) in [5, 5.41) is 3.31. The number of nitrogens with two attached hydrogens (primary N) is 1. The monoisotopic (exact) mass is 227 g/mol. The van der Waals surface area contributed by atoms with Crippen LogP contribution in [0.5, 0.6) is 0 Å². The molecule has 0 saturated heterocycles. The number of hydrogen-bond acceptors (Lipinski definition) is 4. The van der Waals surface area contributed by atoms with Crippen LogP contribution in [0, 0.1) is 0 Å². The summed E-state index contributed by atoms with van der Waals surface area (Å²) < 4.78 is 0. The number of nitrogens with zero attached hydrogens (tertiary/aromatic N) is 2. The maximum atomic E-state index is 5.54. The summed E-state index contributed by atoms with van der Waals surface area (Å²) >= 11 is 1.75. The minimum absolute atomic E-state index is 0.756. The van der Waals surface area contributed by atoms with E-state index < -0.39 is 0 Å². The van der Waals surface area contributed by atoms with Gasteiger partial charge in [0.25, 0.3) is 0 Å². The Labute approximate surface area is 96.3 Å². The average Bonchev–Trinajstić information content (AvgIpc) is 2.72. The molecule has 0 fully saturated rings. The van der Waals surface area contributed by atoms with Crippen molar-refractivity contribution in [1.29, 1.82) is 0 Å². The van der Waals surface area contributed by atoms with Crippen molar-refractivity contribution in [3.63, 3.8) is 0 Å². The van der Waals surface area contributed by atoms with Gasteiger partial charge in [-0.25, -0.2) is 4.98 Å². The van der Waals surface area contributed by atoms with E-state index in [4.69, 9.17) is 5.73 Å². The molecule has 1 aromatic heterocycles. The molecule has 0 unspecified atom stereocenters. The van der Waals surface area contributed by atoms with Gasteiger partial charge in [0.2, 0.25) is 0 Å². The van der Waals surface area contributed by atoms with Gasteiger partial charge in [0.1, 0.15) is 0 Å². The van der Waals surface area contributed by atoms with Gasteiger partial charge in [0.15, 0.2) is 5.13 Å². The van der Waals surface area contributed by atoms with Gasteiger partial charge in [0, 0.05) is 18.5 Å². The van der Waals surface area contributed by atoms with E-state index in [0.29, 0.717) is 0 Å². The molecule has 0 saturated carbocycles. The summed E-state index contributed by atoms with van der Waals surface area (Å²) in [5.41, 5.74) is 6.74. The SMILES string of the molecule is CCCN(CCCN)c1nc(CC)cs1. The molecule has 1 heterocycles. The van der Waals surface area contributed by atoms with Gasteiger partial charge in [-0.2, -0.15) is 0 Å². The molecular weight excluding hydrogens is 206 g/mol. The zero-order chi connectivity index (χ0) is 11.1. The van der Waals surface area contributed by atoms with Crippen LogP contribution in [-0.2, 0) is 6.42 Å². The highest BCUT2D eigenvalue weighted by molar-refractivity contribution is 7.13. The van der Waals surface area contributed by atoms with Crippen LogP contribution in [-0.4, -0.2) is 24.6 Å². The lowest BCUT2D eigenvalue weighted by molar-refractivity contribution is 0.717. The summed E-state index contributed by atoms with van der Waals surface area (Å²) in [6, 6.07) is 0. The number of thiazole rings is 1. The lowest BCUT2D eigenvalue weighted by atomic mass is 10.3. The van der Waals surface area contributed by atoms with E-state index in [2.05, 4.69) is 29.1 Å². The van der Waals surface area contributed by atoms with Crippen LogP contribution < -0.4 is 10.6 Å². The summed E-state index contributed by atoms with van der Waals surface area (Å²) in [4.78, 5) is 6.95. The predicted octanol–water partition coefficient (Wildman–Crippen LogP) is 2.27. The van der Waals surface area contributed by atoms with Gasteiger partial charge in [-0.1, -0.05) is 13.8 Å². The van der Waals surface area contributed by atoms with Crippen LogP contribution in [0.2, 0.25) is 0 Å². The predicted molar refractivity (Wildman–Crippen MR) is 67.7 cm³/mol. The van der Waals surface area contributed by atoms with Crippen LogP contribution >= 0.6 is 11.3 Å². The molecule has 4 heteroatoms. The fraction of sp³-hybridized carbons (Fsp3) is 0.727. The van der Waals surface area contributed by atoms with E-state index in [1.165, 1.54) is 5.69 Å². The quantitative estimate of drug-likeness (QED) is 0.777. The zero-order valence-electron chi connectivity index (χ0n) is 9.70. The van der Waals surface area contributed by atoms with Gasteiger partial charge < -0.3 is 10.6 Å². The van der Waals surface area contributed by atoms with E-state index in [-0.39, 0.29) is 0 Å². The van der Waals surface area contributed by atoms with E-state index in [1.54, 1.807) is 11.3 Å². The number of hydrogen-bond donors (Lipinski definition) is 1. The molecule has 1 aromatic rings. The van der Waals surface area contributed by atoms with E-state index in [1.807, 2.05) is 0 Å². The van der Waals surface area contributed by atoms with Crippen LogP contribution in [0.25, 0.3) is 0 Å². The minimum Gasteiger partial charge on any atom is -0.348 e. The van der Waals surface area contributed by atoms with Crippen LogP contribution in [0.1, 0.15) is 32.4 Å². The summed E-state index contributed by atoms with van der Waals surface area (Å²) in [7, 11) is 0. The lowest BCUT2D eigenvalue weighted by Crippen LogP contribution is -2.26. The Morgan fingerprint density at radius 3 is 2.73 bits per heavy atom. The van der Waals surface area contributed by atoms with Crippen LogP contribution in [0.3, 0.4) is 0 Å². The molecular formula is C11H21N3S. The van der Waals surface area contributed by atoms with Gasteiger partial charge in [-0.15, -0.1) is 11.3 Å². The highest BCUT2D eigenvalue weighted by Crippen LogP contribution is 2.21. The molecule has 15 heavy (non-hydrogen) atoms. The summed E-state index contributed by atoms with van der Waals surface area (Å²) in [5.74, 6) is 0. The van der Waals surface area contributed by atoms with Gasteiger partial charge in [-0.05, 0) is 25.8 Å². The second-order valence-corrected chi connectivity index (χ2v) is 4.44. The first-order valence-electron chi connectivity index (χ1n) is 5.71. The third-order valence-electron chi connectivity index (χ3n) is 2.30. The van der Waals surface area contributed by atoms with Gasteiger partial charge >= 0.3 is 0 Å². The molecule has 0 bridgehead atoms. The molecule has 86 valence electrons. The Morgan fingerprint density at radius 1 is 1.40 bits per heavy atom. The molecule has 1 rings (SSSR count). The second kappa shape index (κ2) is 6.80. The summed E-state index contributed by atoms with van der Waals surface area (Å²) in [6.45, 7) is 7.20. The largest absolute Gasteiger partial charge is 0.348 e. The lowest BCUT2D eigenvalue weighted by Gasteiger charge is -2.20. The fourth-order valence-electron chi connectivity index (χ4n) is 1.46. The Hall–Kier alpha value is -0.610. The molecule has 0 spiro atoms. The van der Waals surface area contributed by atoms with Gasteiger partial charge in [-0.3, -0.25) is 0 Å². The Bertz CT molecular complexity index is 273. The van der Waals surface area contributed by atoms with E-state index in [0.717, 1.165) is 44.0 Å². The Morgan fingerprint density at radius 2 is 2.20 bits per heavy atom. The molecule has 3 nitrogen and oxygen atoms in total. The molecule has 2 N–H and O–H groups in total. The molecule has 0 aliphatic carbocycles. The zero-order valence-corrected chi connectivity index (χ0v) is 10.5. The maximum absolute atomic E-state index is 5.54. The smallest absolute Gasteiger partial charge is 0.185 e. The minimum atomic E-state index is 0.756. The standard InChI is InChI=1S/C11H21N3S/c1-3-7-14(8-5-6-12)11-13-10(4-2)9-15-11/h9H,3-8,12H2,1-2H3. The maximum Gasteiger partial charge on any atom is 0.185 e. The first-order chi connectivity index (χ1) is 7.31. The van der Waals surface area contributed by atoms with E-state index >= 15 is 0 Å². The number of anilines is 1. The molecule has 0 aromatic carbocycles. The summed E-state index contributed by atoms with van der Waals surface area (Å²) in [6.07, 6.45) is 3.22. The first kappa shape index (κ1) is 12.5. The Kier molecular flexibility index (Phi) is 5.65. The van der Waals surface area contributed by atoms with Crippen molar-refractivity contribution < 1.29 is 0 Å². The van der Waals surface area contributed by atoms with Crippen molar-refractivity contribution in [2.75, 3.05) is 24.5 Å². The normalized spacial score (nSPS) is 10.6. The second-order valence-electron chi connectivity index (χ2n) is 3.60. The average molecular weight is 227 g/mol. The molecule has 0 amide bonds. The van der Waals surface area contributed by atoms with Crippen molar-refractivity contribution in [2.24, 2.45) is 5.73 Å². The van der Waals surface area contributed by atoms with Crippen molar-refractivity contribution in [3.05, 3.63) is 11.1 Å². The van der Waals surface area contributed by atoms with Crippen molar-refractivity contribution in [2.45, 2.75) is 33.1 Å². The van der Waals surface area contributed by atoms with Crippen LogP contribution in [0.4, 0.5) is 5.13 Å². The number of aryl methyl sites for hydroxylation is 1. The highest BCUT2D eigenvalue weighted by Gasteiger charge is 2.08. The van der Waals surface area contributed by atoms with Crippen LogP contribution in [0.15, 0.2) is 5.38 Å². The van der Waals surface area contributed by atoms with Crippen molar-refractivity contribution in [1.82, 2.24) is 4.98 Å². The van der Waals surface area contributed by atoms with Gasteiger partial charge in [0.05, 0.1) is 5.69 Å². The third-order valence-corrected chi connectivity index (χ3v) is 3.25. The Balaban J connectivity index is 2.60. The first-order valence-corrected chi connectivity index (χ1v) is 6.59. The molecule has 0 aliphatic rings. The van der Waals surface area contributed by atoms with E-state index in [9.17, 15) is 0 Å². The highest BCUT2D eigenvalue weighted by atomic mass is 32.1. The van der Waals surface area contributed by atoms with Crippen molar-refractivity contribution in [3.8, 4) is 0 Å². The topological polar surface area (TPSA) is 42.1 Å². The third kappa shape index (κ3) is 3.80. The molecule has 0 radical (unpaired) electrons. The number of aromatic nitrogens is 1. The molecule has 0 aliphatic heterocycles. The number of rotatable bonds is 7.